The maximum atomic E-state index is 11.9. The first-order valence-electron chi connectivity index (χ1n) is 5.33. The monoisotopic (exact) mass is 287 g/mol. The molecular weight excluding hydrogens is 277 g/mol. The zero-order valence-electron chi connectivity index (χ0n) is 9.61. The number of likely N-dealkylation sites (N-methyl/N-ethyl adjacent to an activating group) is 1. The van der Waals surface area contributed by atoms with E-state index in [0.29, 0.717) is 18.5 Å². The third kappa shape index (κ3) is 2.73. The molecule has 1 aromatic heterocycles. The maximum absolute atomic E-state index is 11.9. The highest BCUT2D eigenvalue weighted by Crippen LogP contribution is 2.20. The Labute approximate surface area is 114 Å². The van der Waals surface area contributed by atoms with Gasteiger partial charge >= 0.3 is 0 Å². The number of rotatable bonds is 2. The molecular formula is C11H11Cl2N3O2. The van der Waals surface area contributed by atoms with E-state index in [1.165, 1.54) is 12.3 Å². The summed E-state index contributed by atoms with van der Waals surface area (Å²) in [5, 5.41) is 3.14. The van der Waals surface area contributed by atoms with Crippen LogP contribution in [0.5, 0.6) is 0 Å². The van der Waals surface area contributed by atoms with E-state index in [-0.39, 0.29) is 28.0 Å². The Morgan fingerprint density at radius 3 is 2.83 bits per heavy atom. The van der Waals surface area contributed by atoms with E-state index >= 15 is 0 Å². The summed E-state index contributed by atoms with van der Waals surface area (Å²) in [6.45, 7) is 0.513. The van der Waals surface area contributed by atoms with Gasteiger partial charge in [0.05, 0.1) is 16.6 Å². The average Bonchev–Trinajstić information content (AvgIpc) is 2.61. The van der Waals surface area contributed by atoms with Crippen LogP contribution in [0.2, 0.25) is 10.2 Å². The van der Waals surface area contributed by atoms with Gasteiger partial charge in [0, 0.05) is 26.2 Å². The smallest absolute Gasteiger partial charge is 0.253 e. The van der Waals surface area contributed by atoms with E-state index in [9.17, 15) is 9.59 Å². The van der Waals surface area contributed by atoms with Crippen molar-refractivity contribution >= 4 is 35.0 Å². The molecule has 1 aliphatic heterocycles. The van der Waals surface area contributed by atoms with Crippen LogP contribution in [0, 0.1) is 0 Å². The second kappa shape index (κ2) is 5.12. The molecule has 0 bridgehead atoms. The molecule has 18 heavy (non-hydrogen) atoms. The first-order valence-corrected chi connectivity index (χ1v) is 6.09. The molecule has 1 unspecified atom stereocenters. The van der Waals surface area contributed by atoms with Gasteiger partial charge in [-0.1, -0.05) is 23.2 Å². The molecule has 1 N–H and O–H groups in total. The van der Waals surface area contributed by atoms with Gasteiger partial charge in [-0.05, 0) is 6.07 Å². The molecule has 1 atom stereocenters. The number of pyridine rings is 1. The highest BCUT2D eigenvalue weighted by atomic mass is 35.5. The molecule has 0 aliphatic carbocycles. The summed E-state index contributed by atoms with van der Waals surface area (Å²) >= 11 is 11.5. The highest BCUT2D eigenvalue weighted by Gasteiger charge is 2.28. The molecule has 0 aromatic carbocycles. The van der Waals surface area contributed by atoms with Crippen LogP contribution < -0.4 is 5.32 Å². The van der Waals surface area contributed by atoms with E-state index in [2.05, 4.69) is 10.3 Å². The van der Waals surface area contributed by atoms with Crippen molar-refractivity contribution in [3.8, 4) is 0 Å². The Morgan fingerprint density at radius 2 is 2.28 bits per heavy atom. The molecule has 1 fully saturated rings. The molecule has 1 aromatic rings. The lowest BCUT2D eigenvalue weighted by molar-refractivity contribution is -0.126. The Hall–Kier alpha value is -1.33. The molecule has 0 saturated carbocycles. The van der Waals surface area contributed by atoms with Crippen LogP contribution in [0.3, 0.4) is 0 Å². The summed E-state index contributed by atoms with van der Waals surface area (Å²) in [4.78, 5) is 28.6. The summed E-state index contributed by atoms with van der Waals surface area (Å²) in [5.74, 6) is -0.290. The van der Waals surface area contributed by atoms with Crippen LogP contribution in [0.4, 0.5) is 0 Å². The van der Waals surface area contributed by atoms with E-state index in [1.807, 2.05) is 0 Å². The van der Waals surface area contributed by atoms with Gasteiger partial charge in [-0.3, -0.25) is 9.59 Å². The van der Waals surface area contributed by atoms with Crippen LogP contribution in [0.1, 0.15) is 16.8 Å². The molecule has 0 spiro atoms. The lowest BCUT2D eigenvalue weighted by atomic mass is 10.2. The van der Waals surface area contributed by atoms with Gasteiger partial charge in [0.2, 0.25) is 5.91 Å². The fraction of sp³-hybridized carbons (Fsp3) is 0.364. The molecule has 5 nitrogen and oxygen atoms in total. The normalized spacial score (nSPS) is 19.2. The van der Waals surface area contributed by atoms with Crippen molar-refractivity contribution in [2.75, 3.05) is 13.6 Å². The third-order valence-electron chi connectivity index (χ3n) is 2.73. The molecule has 2 rings (SSSR count). The van der Waals surface area contributed by atoms with Crippen molar-refractivity contribution in [3.63, 3.8) is 0 Å². The fourth-order valence-corrected chi connectivity index (χ4v) is 2.04. The molecule has 0 radical (unpaired) electrons. The zero-order valence-corrected chi connectivity index (χ0v) is 11.1. The fourth-order valence-electron chi connectivity index (χ4n) is 1.77. The zero-order chi connectivity index (χ0) is 13.3. The standard InChI is InChI=1S/C11H11Cl2N3O2/c1-16-5-7(3-9(16)17)15-11(18)6-2-8(12)10(13)14-4-6/h2,4,7H,3,5H2,1H3,(H,15,18). The number of carbonyl (C=O) groups is 2. The van der Waals surface area contributed by atoms with Gasteiger partial charge in [0.1, 0.15) is 5.15 Å². The van der Waals surface area contributed by atoms with Gasteiger partial charge in [-0.25, -0.2) is 4.98 Å². The van der Waals surface area contributed by atoms with Crippen LogP contribution in [-0.2, 0) is 4.79 Å². The highest BCUT2D eigenvalue weighted by molar-refractivity contribution is 6.41. The molecule has 96 valence electrons. The van der Waals surface area contributed by atoms with Crippen molar-refractivity contribution in [2.24, 2.45) is 0 Å². The third-order valence-corrected chi connectivity index (χ3v) is 3.42. The van der Waals surface area contributed by atoms with Crippen molar-refractivity contribution in [3.05, 3.63) is 28.0 Å². The van der Waals surface area contributed by atoms with Gasteiger partial charge < -0.3 is 10.2 Å². The number of aromatic nitrogens is 1. The maximum Gasteiger partial charge on any atom is 0.253 e. The van der Waals surface area contributed by atoms with Crippen LogP contribution >= 0.6 is 23.2 Å². The molecule has 2 heterocycles. The number of likely N-dealkylation sites (tertiary alicyclic amines) is 1. The van der Waals surface area contributed by atoms with Crippen molar-refractivity contribution in [2.45, 2.75) is 12.5 Å². The lowest BCUT2D eigenvalue weighted by Gasteiger charge is -2.12. The molecule has 1 aliphatic rings. The number of carbonyl (C=O) groups excluding carboxylic acids is 2. The minimum Gasteiger partial charge on any atom is -0.347 e. The quantitative estimate of drug-likeness (QED) is 0.836. The Bertz CT molecular complexity index is 507. The number of nitrogens with one attached hydrogen (secondary N) is 1. The predicted octanol–water partition coefficient (Wildman–Crippen LogP) is 1.35. The van der Waals surface area contributed by atoms with Gasteiger partial charge in [-0.2, -0.15) is 0 Å². The Balaban J connectivity index is 2.04. The van der Waals surface area contributed by atoms with E-state index in [1.54, 1.807) is 11.9 Å². The molecule has 2 amide bonds. The number of hydrogen-bond donors (Lipinski definition) is 1. The molecule has 7 heteroatoms. The van der Waals surface area contributed by atoms with Crippen LogP contribution in [0.15, 0.2) is 12.3 Å². The van der Waals surface area contributed by atoms with Crippen molar-refractivity contribution in [1.29, 1.82) is 0 Å². The first-order chi connectivity index (χ1) is 8.47. The lowest BCUT2D eigenvalue weighted by Crippen LogP contribution is -2.36. The first kappa shape index (κ1) is 13.1. The Morgan fingerprint density at radius 1 is 1.56 bits per heavy atom. The van der Waals surface area contributed by atoms with E-state index in [0.717, 1.165) is 0 Å². The van der Waals surface area contributed by atoms with Crippen molar-refractivity contribution < 1.29 is 9.59 Å². The summed E-state index contributed by atoms with van der Waals surface area (Å²) < 4.78 is 0. The minimum atomic E-state index is -0.311. The largest absolute Gasteiger partial charge is 0.347 e. The second-order valence-electron chi connectivity index (χ2n) is 4.15. The number of amides is 2. The molecule has 1 saturated heterocycles. The minimum absolute atomic E-state index is 0.0209. The van der Waals surface area contributed by atoms with Gasteiger partial charge in [-0.15, -0.1) is 0 Å². The SMILES string of the molecule is CN1CC(NC(=O)c2cnc(Cl)c(Cl)c2)CC1=O. The van der Waals surface area contributed by atoms with E-state index < -0.39 is 0 Å². The summed E-state index contributed by atoms with van der Waals surface area (Å²) in [5.41, 5.74) is 0.325. The topological polar surface area (TPSA) is 62.3 Å². The number of halogens is 2. The van der Waals surface area contributed by atoms with Gasteiger partial charge in [0.15, 0.2) is 0 Å². The summed E-state index contributed by atoms with van der Waals surface area (Å²) in [6.07, 6.45) is 1.67. The Kier molecular flexibility index (Phi) is 3.73. The number of hydrogen-bond acceptors (Lipinski definition) is 3. The van der Waals surface area contributed by atoms with Crippen LogP contribution in [0.25, 0.3) is 0 Å². The van der Waals surface area contributed by atoms with E-state index in [4.69, 9.17) is 23.2 Å². The predicted molar refractivity (Wildman–Crippen MR) is 67.8 cm³/mol. The van der Waals surface area contributed by atoms with Crippen LogP contribution in [-0.4, -0.2) is 41.3 Å². The van der Waals surface area contributed by atoms with Crippen molar-refractivity contribution in [1.82, 2.24) is 15.2 Å². The summed E-state index contributed by atoms with van der Waals surface area (Å²) in [7, 11) is 1.70. The second-order valence-corrected chi connectivity index (χ2v) is 4.91. The summed E-state index contributed by atoms with van der Waals surface area (Å²) in [6, 6.07) is 1.27. The average molecular weight is 288 g/mol. The number of nitrogens with zero attached hydrogens (tertiary/aromatic N) is 2. The van der Waals surface area contributed by atoms with Gasteiger partial charge in [0.25, 0.3) is 5.91 Å².